The fraction of sp³-hybridized carbons (Fsp3) is 0.263. The van der Waals surface area contributed by atoms with E-state index in [9.17, 15) is 9.18 Å². The number of para-hydroxylation sites is 1. The molecule has 0 radical (unpaired) electrons. The van der Waals surface area contributed by atoms with Gasteiger partial charge in [0.1, 0.15) is 11.6 Å². The number of methoxy groups -OCH3 is 1. The molecule has 7 heteroatoms. The lowest BCUT2D eigenvalue weighted by Gasteiger charge is -2.15. The van der Waals surface area contributed by atoms with E-state index >= 15 is 0 Å². The lowest BCUT2D eigenvalue weighted by atomic mass is 10.2. The first kappa shape index (κ1) is 19.2. The quantitative estimate of drug-likeness (QED) is 0.580. The molecule has 0 heterocycles. The first-order chi connectivity index (χ1) is 12.5. The predicted molar refractivity (Wildman–Crippen MR) is 96.4 cm³/mol. The summed E-state index contributed by atoms with van der Waals surface area (Å²) in [6, 6.07) is 10.9. The third kappa shape index (κ3) is 5.77. The molecule has 138 valence electrons. The Morgan fingerprint density at radius 2 is 2.04 bits per heavy atom. The molecule has 1 amide bonds. The molecule has 2 aromatic rings. The Labute approximate surface area is 151 Å². The predicted octanol–water partition coefficient (Wildman–Crippen LogP) is 3.15. The molecule has 0 aliphatic heterocycles. The molecule has 0 saturated carbocycles. The number of hydrogen-bond donors (Lipinski definition) is 1. The number of hydrogen-bond acceptors (Lipinski definition) is 5. The van der Waals surface area contributed by atoms with Crippen LogP contribution in [0.2, 0.25) is 0 Å². The highest BCUT2D eigenvalue weighted by Crippen LogP contribution is 2.30. The van der Waals surface area contributed by atoms with Crippen LogP contribution in [0.25, 0.3) is 0 Å². The van der Waals surface area contributed by atoms with E-state index in [4.69, 9.17) is 14.2 Å². The van der Waals surface area contributed by atoms with Gasteiger partial charge >= 0.3 is 0 Å². The maximum absolute atomic E-state index is 13.0. The molecule has 1 N–H and O–H groups in total. The topological polar surface area (TPSA) is 69.2 Å². The second-order valence-corrected chi connectivity index (χ2v) is 5.58. The minimum absolute atomic E-state index is 0.0484. The van der Waals surface area contributed by atoms with E-state index in [-0.39, 0.29) is 18.5 Å². The molecule has 0 saturated heterocycles. The van der Waals surface area contributed by atoms with Gasteiger partial charge in [0.05, 0.1) is 19.4 Å². The van der Waals surface area contributed by atoms with Gasteiger partial charge in [0.25, 0.3) is 5.91 Å². The maximum Gasteiger partial charge on any atom is 0.277 e. The zero-order valence-corrected chi connectivity index (χ0v) is 14.9. The fourth-order valence-electron chi connectivity index (χ4n) is 2.07. The van der Waals surface area contributed by atoms with Crippen LogP contribution in [0.5, 0.6) is 17.2 Å². The van der Waals surface area contributed by atoms with Crippen molar-refractivity contribution in [2.24, 2.45) is 5.10 Å². The Hall–Kier alpha value is -3.09. The molecule has 26 heavy (non-hydrogen) atoms. The summed E-state index contributed by atoms with van der Waals surface area (Å²) in [7, 11) is 1.55. The Morgan fingerprint density at radius 1 is 1.27 bits per heavy atom. The molecule has 0 aromatic heterocycles. The zero-order chi connectivity index (χ0) is 18.9. The van der Waals surface area contributed by atoms with Crippen LogP contribution in [0.1, 0.15) is 19.4 Å². The minimum Gasteiger partial charge on any atom is -0.493 e. The number of benzene rings is 2. The lowest BCUT2D eigenvalue weighted by Crippen LogP contribution is -2.24. The van der Waals surface area contributed by atoms with Crippen LogP contribution in [0, 0.1) is 5.82 Å². The van der Waals surface area contributed by atoms with Crippen molar-refractivity contribution < 1.29 is 23.4 Å². The van der Waals surface area contributed by atoms with Gasteiger partial charge in [-0.3, -0.25) is 4.79 Å². The highest BCUT2D eigenvalue weighted by molar-refractivity contribution is 5.86. The van der Waals surface area contributed by atoms with Crippen LogP contribution >= 0.6 is 0 Å². The van der Waals surface area contributed by atoms with Crippen molar-refractivity contribution in [1.29, 1.82) is 0 Å². The largest absolute Gasteiger partial charge is 0.493 e. The Bertz CT molecular complexity index is 778. The second kappa shape index (κ2) is 9.41. The summed E-state index contributed by atoms with van der Waals surface area (Å²) in [5.41, 5.74) is 3.01. The molecule has 0 spiro atoms. The molecule has 0 aliphatic rings. The van der Waals surface area contributed by atoms with E-state index in [1.807, 2.05) is 13.8 Å². The SMILES string of the molecule is COc1cccc(/C=N\NC(=O)COc2cccc(F)c2)c1OC(C)C. The third-order valence-electron chi connectivity index (χ3n) is 3.14. The van der Waals surface area contributed by atoms with Gasteiger partial charge in [-0.15, -0.1) is 0 Å². The van der Waals surface area contributed by atoms with E-state index in [1.54, 1.807) is 31.4 Å². The van der Waals surface area contributed by atoms with Gasteiger partial charge in [0.2, 0.25) is 0 Å². The monoisotopic (exact) mass is 360 g/mol. The van der Waals surface area contributed by atoms with E-state index in [2.05, 4.69) is 10.5 Å². The van der Waals surface area contributed by atoms with E-state index in [1.165, 1.54) is 24.4 Å². The van der Waals surface area contributed by atoms with E-state index in [0.29, 0.717) is 17.1 Å². The van der Waals surface area contributed by atoms with Crippen molar-refractivity contribution in [3.05, 3.63) is 53.8 Å². The van der Waals surface area contributed by atoms with Gasteiger partial charge in [-0.2, -0.15) is 5.10 Å². The molecule has 0 bridgehead atoms. The molecule has 0 unspecified atom stereocenters. The highest BCUT2D eigenvalue weighted by atomic mass is 19.1. The second-order valence-electron chi connectivity index (χ2n) is 5.58. The minimum atomic E-state index is -0.472. The molecule has 0 atom stereocenters. The smallest absolute Gasteiger partial charge is 0.277 e. The summed E-state index contributed by atoms with van der Waals surface area (Å²) < 4.78 is 29.3. The normalized spacial score (nSPS) is 10.8. The van der Waals surface area contributed by atoms with Crippen molar-refractivity contribution in [3.8, 4) is 17.2 Å². The average molecular weight is 360 g/mol. The Balaban J connectivity index is 1.96. The van der Waals surface area contributed by atoms with Crippen molar-refractivity contribution in [2.45, 2.75) is 20.0 Å². The fourth-order valence-corrected chi connectivity index (χ4v) is 2.07. The van der Waals surface area contributed by atoms with Crippen LogP contribution in [0.15, 0.2) is 47.6 Å². The molecular formula is C19H21FN2O4. The average Bonchev–Trinajstić information content (AvgIpc) is 2.61. The van der Waals surface area contributed by atoms with Crippen LogP contribution < -0.4 is 19.6 Å². The molecular weight excluding hydrogens is 339 g/mol. The zero-order valence-electron chi connectivity index (χ0n) is 14.9. The van der Waals surface area contributed by atoms with Gasteiger partial charge in [0.15, 0.2) is 18.1 Å². The highest BCUT2D eigenvalue weighted by Gasteiger charge is 2.11. The summed E-state index contributed by atoms with van der Waals surface area (Å²) in [6.45, 7) is 3.52. The number of rotatable bonds is 8. The number of carbonyl (C=O) groups excluding carboxylic acids is 1. The number of nitrogens with one attached hydrogen (secondary N) is 1. The van der Waals surface area contributed by atoms with Gasteiger partial charge in [-0.05, 0) is 38.1 Å². The lowest BCUT2D eigenvalue weighted by molar-refractivity contribution is -0.123. The van der Waals surface area contributed by atoms with Gasteiger partial charge in [0, 0.05) is 11.6 Å². The van der Waals surface area contributed by atoms with Crippen molar-refractivity contribution in [1.82, 2.24) is 5.43 Å². The Kier molecular flexibility index (Phi) is 6.96. The summed E-state index contributed by atoms with van der Waals surface area (Å²) in [4.78, 5) is 11.8. The molecule has 6 nitrogen and oxygen atoms in total. The summed E-state index contributed by atoms with van der Waals surface area (Å²) in [5.74, 6) is 0.475. The van der Waals surface area contributed by atoms with E-state index in [0.717, 1.165) is 0 Å². The van der Waals surface area contributed by atoms with Gasteiger partial charge < -0.3 is 14.2 Å². The van der Waals surface area contributed by atoms with Crippen LogP contribution in [-0.4, -0.2) is 31.9 Å². The van der Waals surface area contributed by atoms with Gasteiger partial charge in [-0.1, -0.05) is 12.1 Å². The van der Waals surface area contributed by atoms with Crippen LogP contribution in [0.3, 0.4) is 0 Å². The summed E-state index contributed by atoms with van der Waals surface area (Å²) in [5, 5.41) is 3.90. The third-order valence-corrected chi connectivity index (χ3v) is 3.14. The first-order valence-corrected chi connectivity index (χ1v) is 8.03. The summed E-state index contributed by atoms with van der Waals surface area (Å²) >= 11 is 0. The number of amides is 1. The molecule has 2 rings (SSSR count). The maximum atomic E-state index is 13.0. The van der Waals surface area contributed by atoms with Crippen LogP contribution in [0.4, 0.5) is 4.39 Å². The standard InChI is InChI=1S/C19H21FN2O4/c1-13(2)26-19-14(6-4-9-17(19)24-3)11-21-22-18(23)12-25-16-8-5-7-15(20)10-16/h4-11,13H,12H2,1-3H3,(H,22,23)/b21-11-. The van der Waals surface area contributed by atoms with Crippen molar-refractivity contribution >= 4 is 12.1 Å². The van der Waals surface area contributed by atoms with Gasteiger partial charge in [-0.25, -0.2) is 9.82 Å². The number of carbonyl (C=O) groups is 1. The van der Waals surface area contributed by atoms with Crippen molar-refractivity contribution in [2.75, 3.05) is 13.7 Å². The summed E-state index contributed by atoms with van der Waals surface area (Å²) in [6.07, 6.45) is 1.41. The molecule has 2 aromatic carbocycles. The number of hydrazone groups is 1. The van der Waals surface area contributed by atoms with Crippen molar-refractivity contribution in [3.63, 3.8) is 0 Å². The van der Waals surface area contributed by atoms with E-state index < -0.39 is 11.7 Å². The van der Waals surface area contributed by atoms with Crippen LogP contribution in [-0.2, 0) is 4.79 Å². The number of ether oxygens (including phenoxy) is 3. The Morgan fingerprint density at radius 3 is 2.73 bits per heavy atom. The molecule has 0 fully saturated rings. The number of halogens is 1. The molecule has 0 aliphatic carbocycles. The first-order valence-electron chi connectivity index (χ1n) is 8.03. The number of nitrogens with zero attached hydrogens (tertiary/aromatic N) is 1.